The molecule has 40 nitrogen and oxygen atoms in total. The van der Waals surface area contributed by atoms with Crippen molar-refractivity contribution >= 4 is 307 Å². The quantitative estimate of drug-likeness (QED) is 0.0101. The van der Waals surface area contributed by atoms with Gasteiger partial charge in [-0.15, -0.1) is 0 Å². The van der Waals surface area contributed by atoms with E-state index in [0.717, 1.165) is 29.4 Å². The number of methoxy groups -OCH3 is 5. The number of carbonyl (C=O) groups is 11. The van der Waals surface area contributed by atoms with E-state index in [4.69, 9.17) is 57.5 Å². The Hall–Kier alpha value is -11.5. The average Bonchev–Trinajstić information content (AvgIpc) is 1.60. The van der Waals surface area contributed by atoms with Gasteiger partial charge in [0, 0.05) is 167 Å². The summed E-state index contributed by atoms with van der Waals surface area (Å²) in [5, 5.41) is 43.3. The van der Waals surface area contributed by atoms with Crippen molar-refractivity contribution in [2.24, 2.45) is 5.73 Å². The Labute approximate surface area is 890 Å². The molecule has 2 atom stereocenters. The van der Waals surface area contributed by atoms with Crippen molar-refractivity contribution in [3.05, 3.63) is 211 Å². The number of primary amides is 1. The maximum atomic E-state index is 16.2. The van der Waals surface area contributed by atoms with E-state index in [2.05, 4.69) is 185 Å². The first-order chi connectivity index (χ1) is 65.5. The van der Waals surface area contributed by atoms with Crippen LogP contribution in [0.4, 0.5) is 68.9 Å². The maximum Gasteiger partial charge on any atom is 0.414 e. The molecule has 1 fully saturated rings. The molecule has 0 spiro atoms. The standard InChI is InChI=1S/C35H34F2N8O7.C16H18BrNO4.C8H7BrN2O4.C8H9BrN2O2.C8H8N2O4.C8H15NO2S.C2H6O.CH4.S4.S3.S2.H2S/c1-35(2,3)52-34(50)42-33-40-23-13-17(12-21(28(23)41-33)32(49)51-4)19-9-7-10-22(27(19)37)39-31(48)25-14-18(36)15-44(25)26(46)16-45-24-11-6-5-8-20(24)29(43-45)30(38)47;1-16(2,3)22-15(20)18-11-6-9-5-10(17)7-13(12(9)8-11)14(19)21-4;1-15-8(12)5-2-4(9)3-6(7(5)10)11(13)14;1-13-8(12)5-2-4(9)3-6(10)7(5)11;1-14-8(11)5-3-2-4-6(7(5)9)10(12)13;1-6(5-12)9-7(10)11-8(2,3)4;1-2-3;;1-3-4-2;1-3-2;1-2;/h5-13,18,25H,14-16H2,1-4H3,(H2,38,47)(H,39,48)(H2,40,41,42,50);5,7-8H,6H2,1-4H3,(H,18,20);2-3H,10H2,1H3;2-3H,10-11H2,1H3;2-4H,9H2,1H3;12H,1,5H2,2-4H3,(H,9,10);3H,2H2,1H3;1H4;;;;1H2/t18-,25+;;;;;;;;;;;/m1.........../s1. The van der Waals surface area contributed by atoms with Crippen molar-refractivity contribution in [3.8, 4) is 11.1 Å². The first-order valence-corrected chi connectivity index (χ1v) is 50.5. The number of nitrogens with one attached hydrogen (secondary N) is 5. The fourth-order valence-electron chi connectivity index (χ4n) is 11.7. The normalized spacial score (nSPS) is 12.0. The molecule has 9 aromatic rings. The van der Waals surface area contributed by atoms with Crippen LogP contribution in [0, 0.1) is 26.0 Å². The lowest BCUT2D eigenvalue weighted by Crippen LogP contribution is -2.44. The highest BCUT2D eigenvalue weighted by atomic mass is 79.9. The number of para-hydroxylation sites is 2. The van der Waals surface area contributed by atoms with E-state index in [1.807, 2.05) is 6.07 Å². The molecule has 56 heteroatoms. The molecule has 1 aliphatic heterocycles. The molecule has 16 N–H and O–H groups in total. The molecule has 7 aromatic carbocycles. The van der Waals surface area contributed by atoms with Gasteiger partial charge in [0.15, 0.2) is 11.5 Å². The van der Waals surface area contributed by atoms with Crippen molar-refractivity contribution < 1.29 is 114 Å². The number of likely N-dealkylation sites (tertiary alicyclic amines) is 1. The zero-order valence-corrected chi connectivity index (χ0v) is 91.5. The summed E-state index contributed by atoms with van der Waals surface area (Å²) in [7, 11) is 9.41. The minimum Gasteiger partial charge on any atom is -0.465 e. The van der Waals surface area contributed by atoms with Crippen LogP contribution in [0.3, 0.4) is 0 Å². The van der Waals surface area contributed by atoms with Gasteiger partial charge in [0.2, 0.25) is 17.8 Å². The minimum atomic E-state index is -1.53. The second kappa shape index (κ2) is 62.8. The van der Waals surface area contributed by atoms with Crippen molar-refractivity contribution in [1.82, 2.24) is 35.3 Å². The van der Waals surface area contributed by atoms with E-state index in [1.165, 1.54) is 119 Å². The van der Waals surface area contributed by atoms with Gasteiger partial charge in [-0.25, -0.2) is 52.1 Å². The number of halogens is 5. The lowest BCUT2D eigenvalue weighted by Gasteiger charge is -2.24. The van der Waals surface area contributed by atoms with Gasteiger partial charge in [-0.2, -0.15) is 31.2 Å². The van der Waals surface area contributed by atoms with Gasteiger partial charge in [0.1, 0.15) is 52.5 Å². The Morgan fingerprint density at radius 3 is 1.61 bits per heavy atom. The summed E-state index contributed by atoms with van der Waals surface area (Å²) in [6.45, 7) is 20.6. The number of nitro groups is 2. The molecule has 2 aromatic heterocycles. The van der Waals surface area contributed by atoms with E-state index >= 15 is 4.39 Å². The second-order valence-corrected chi connectivity index (χ2v) is 38.9. The SMILES string of the molecule is C.C=C(CS)NC(=O)OC(C)(C)C.CCO.COC(=O)c1cc(-c2cccc(NC(=O)[C@@H]3C[C@@H](F)CN3C(=O)Cn3nc(C(N)=O)c4ccccc43)c2F)cc2[nH]c(NC(=O)OC(C)(C)C)nc12.COC(=O)c1cc(Br)cc(N)c1N.COC(=O)c1cc(Br)cc([N+](=O)[O-])c1N.COC(=O)c1cc(Br)cc2c1C=C(NC(=O)OC(C)(C)C)C2.COC(=O)c1cccc([N+](=O)[O-])c1N.S.S=S.S=S=S.S=S=S=S. The molecule has 1 aliphatic carbocycles. The number of hydrogen-bond donors (Lipinski definition) is 12. The lowest BCUT2D eigenvalue weighted by atomic mass is 10.00. The fourth-order valence-corrected chi connectivity index (χ4v) is 13.2. The van der Waals surface area contributed by atoms with Crippen LogP contribution in [0.2, 0.25) is 0 Å². The molecule has 772 valence electrons. The Bertz CT molecular complexity index is 6240. The van der Waals surface area contributed by atoms with E-state index < -0.39 is 117 Å². The number of ether oxygens (including phenoxy) is 8. The van der Waals surface area contributed by atoms with E-state index in [0.29, 0.717) is 54.7 Å². The number of carbonyl (C=O) groups excluding carboxylic acids is 11. The number of H-pyrrole nitrogens is 1. The van der Waals surface area contributed by atoms with Crippen molar-refractivity contribution in [3.63, 3.8) is 0 Å². The Balaban J connectivity index is 0.00000183. The Kier molecular flexibility index (Phi) is 57.7. The van der Waals surface area contributed by atoms with Crippen LogP contribution in [0.5, 0.6) is 0 Å². The number of allylic oxidation sites excluding steroid dienone is 1. The summed E-state index contributed by atoms with van der Waals surface area (Å²) in [6.07, 6.45) is -1.35. The largest absolute Gasteiger partial charge is 0.465 e. The number of anilines is 6. The number of nitrogens with two attached hydrogens (primary N) is 5. The molecule has 0 bridgehead atoms. The van der Waals surface area contributed by atoms with Crippen LogP contribution >= 0.6 is 73.9 Å². The summed E-state index contributed by atoms with van der Waals surface area (Å²) >= 11 is 37.8. The van der Waals surface area contributed by atoms with Gasteiger partial charge in [-0.3, -0.25) is 55.2 Å². The van der Waals surface area contributed by atoms with E-state index in [-0.39, 0.29) is 131 Å². The van der Waals surface area contributed by atoms with Crippen LogP contribution in [0.25, 0.3) is 39.1 Å². The number of hydrogen-bond acceptors (Lipinski definition) is 37. The minimum absolute atomic E-state index is 0. The predicted octanol–water partition coefficient (Wildman–Crippen LogP) is 15.0. The third kappa shape index (κ3) is 41.8. The molecule has 6 amide bonds. The Morgan fingerprint density at radius 1 is 0.641 bits per heavy atom. The van der Waals surface area contributed by atoms with Crippen molar-refractivity contribution in [2.45, 2.75) is 125 Å². The molecular formula is C86H103Br3F2N16O24S11. The number of alkyl halides is 1. The number of aromatic nitrogens is 4. The van der Waals surface area contributed by atoms with Gasteiger partial charge < -0.3 is 86.9 Å². The van der Waals surface area contributed by atoms with Gasteiger partial charge in [-0.05, 0) is 153 Å². The number of esters is 5. The first kappa shape index (κ1) is 130. The highest BCUT2D eigenvalue weighted by Gasteiger charge is 2.41. The third-order valence-corrected chi connectivity index (χ3v) is 21.1. The summed E-state index contributed by atoms with van der Waals surface area (Å²) in [6, 6.07) is 25.8. The van der Waals surface area contributed by atoms with Crippen LogP contribution in [-0.2, 0) is 154 Å². The number of amides is 6. The molecule has 0 saturated carbocycles. The van der Waals surface area contributed by atoms with Crippen LogP contribution in [-0.4, -0.2) is 189 Å². The van der Waals surface area contributed by atoms with Gasteiger partial charge in [0.05, 0.1) is 108 Å². The summed E-state index contributed by atoms with van der Waals surface area (Å²) < 4.78 is 72.6. The van der Waals surface area contributed by atoms with Crippen LogP contribution in [0.15, 0.2) is 141 Å². The maximum absolute atomic E-state index is 16.2. The van der Waals surface area contributed by atoms with Crippen LogP contribution < -0.4 is 49.9 Å². The number of imidazole rings is 1. The number of benzene rings is 7. The average molecular weight is 2380 g/mol. The monoisotopic (exact) mass is 2370 g/mol. The fraction of sp³-hybridized carbons (Fsp3) is 0.314. The topological polar surface area (TPSA) is 596 Å². The van der Waals surface area contributed by atoms with Crippen molar-refractivity contribution in [2.75, 3.05) is 88.0 Å². The zero-order chi connectivity index (χ0) is 107. The third-order valence-electron chi connectivity index (χ3n) is 17.1. The van der Waals surface area contributed by atoms with E-state index in [1.54, 1.807) is 118 Å². The predicted molar refractivity (Wildman–Crippen MR) is 579 cm³/mol. The summed E-state index contributed by atoms with van der Waals surface area (Å²) in [4.78, 5) is 160. The smallest absolute Gasteiger partial charge is 0.414 e. The number of aromatic amines is 1. The van der Waals surface area contributed by atoms with Gasteiger partial charge in [0.25, 0.3) is 17.3 Å². The molecule has 0 unspecified atom stereocenters. The molecule has 3 heterocycles. The number of nitrogens with zero attached hydrogens (tertiary/aromatic N) is 6. The number of alkyl carbamates (subject to hydrolysis) is 2. The molecule has 1 saturated heterocycles. The molecule has 0 radical (unpaired) electrons. The molecule has 142 heavy (non-hydrogen) atoms. The number of nitrogen functional groups attached to an aromatic ring is 4. The highest BCUT2D eigenvalue weighted by Crippen LogP contribution is 2.37. The van der Waals surface area contributed by atoms with Gasteiger partial charge in [-0.1, -0.05) is 98.2 Å². The number of thiol groups is 1. The number of aliphatic hydroxyl groups excluding tert-OH is 1. The molecule has 2 aliphatic rings. The zero-order valence-electron chi connectivity index (χ0n) is 77.5. The Morgan fingerprint density at radius 2 is 1.11 bits per heavy atom. The number of fused-ring (bicyclic) bond motifs is 3. The number of nitro benzene ring substituents is 2. The molecule has 11 rings (SSSR count). The van der Waals surface area contributed by atoms with Gasteiger partial charge >= 0.3 is 48.1 Å². The first-order valence-electron chi connectivity index (χ1n) is 39.5. The van der Waals surface area contributed by atoms with Crippen molar-refractivity contribution in [1.29, 1.82) is 0 Å². The lowest BCUT2D eigenvalue weighted by molar-refractivity contribution is -0.384. The summed E-state index contributed by atoms with van der Waals surface area (Å²) in [5.74, 6) is -5.86. The highest BCUT2D eigenvalue weighted by molar-refractivity contribution is 9.11. The van der Waals surface area contributed by atoms with E-state index in [9.17, 15) is 77.4 Å². The number of rotatable bonds is 17. The summed E-state index contributed by atoms with van der Waals surface area (Å²) in [5.41, 5.74) is 29.5. The van der Waals surface area contributed by atoms with Crippen LogP contribution in [0.1, 0.15) is 156 Å². The molecular weight excluding hydrogens is 2270 g/mol. The number of aliphatic hydroxyl groups is 1. The second-order valence-electron chi connectivity index (χ2n) is 30.5.